The number of carbonyl (C=O) groups is 1. The summed E-state index contributed by atoms with van der Waals surface area (Å²) >= 11 is 0. The topological polar surface area (TPSA) is 63.1 Å². The molecule has 4 rings (SSSR count). The molecule has 1 aromatic carbocycles. The van der Waals surface area contributed by atoms with Crippen LogP contribution in [0.25, 0.3) is 16.7 Å². The van der Waals surface area contributed by atoms with Crippen molar-refractivity contribution < 1.29 is 9.18 Å². The lowest BCUT2D eigenvalue weighted by Gasteiger charge is -2.16. The van der Waals surface area contributed by atoms with Crippen LogP contribution in [0.1, 0.15) is 22.5 Å². The Morgan fingerprint density at radius 2 is 2.08 bits per heavy atom. The standard InChI is InChI=1S/C19H20FN5O/c1-12-17-9-13(19(26)24-8-7-15(11-24)21-2)10-22-18(17)25(23-12)16-5-3-14(20)4-6-16/h3-6,9-10,15,21H,7-8,11H2,1-2H3. The summed E-state index contributed by atoms with van der Waals surface area (Å²) in [5, 5.41) is 8.55. The molecular formula is C19H20FN5O. The normalized spacial score (nSPS) is 17.2. The number of hydrogen-bond donors (Lipinski definition) is 1. The van der Waals surface area contributed by atoms with Crippen molar-refractivity contribution in [3.63, 3.8) is 0 Å². The van der Waals surface area contributed by atoms with Crippen LogP contribution in [0, 0.1) is 12.7 Å². The van der Waals surface area contributed by atoms with Gasteiger partial charge in [0, 0.05) is 30.7 Å². The maximum Gasteiger partial charge on any atom is 0.255 e. The number of aryl methyl sites for hydroxylation is 1. The van der Waals surface area contributed by atoms with Crippen molar-refractivity contribution in [2.24, 2.45) is 0 Å². The quantitative estimate of drug-likeness (QED) is 0.785. The van der Waals surface area contributed by atoms with E-state index in [1.54, 1.807) is 23.0 Å². The van der Waals surface area contributed by atoms with Gasteiger partial charge in [0.05, 0.1) is 16.9 Å². The summed E-state index contributed by atoms with van der Waals surface area (Å²) in [6, 6.07) is 8.29. The van der Waals surface area contributed by atoms with E-state index >= 15 is 0 Å². The molecule has 0 saturated carbocycles. The monoisotopic (exact) mass is 353 g/mol. The number of pyridine rings is 1. The number of benzene rings is 1. The number of likely N-dealkylation sites (tertiary alicyclic amines) is 1. The van der Waals surface area contributed by atoms with Crippen LogP contribution in [0.3, 0.4) is 0 Å². The number of nitrogens with one attached hydrogen (secondary N) is 1. The van der Waals surface area contributed by atoms with Gasteiger partial charge in [-0.25, -0.2) is 14.1 Å². The first-order valence-electron chi connectivity index (χ1n) is 8.64. The number of fused-ring (bicyclic) bond motifs is 1. The van der Waals surface area contributed by atoms with Crippen molar-refractivity contribution in [3.8, 4) is 5.69 Å². The number of rotatable bonds is 3. The molecule has 0 aliphatic carbocycles. The van der Waals surface area contributed by atoms with Gasteiger partial charge in [-0.1, -0.05) is 0 Å². The Hall–Kier alpha value is -2.80. The van der Waals surface area contributed by atoms with Crippen LogP contribution in [0.4, 0.5) is 4.39 Å². The number of amides is 1. The largest absolute Gasteiger partial charge is 0.337 e. The minimum absolute atomic E-state index is 0.00826. The highest BCUT2D eigenvalue weighted by Crippen LogP contribution is 2.22. The van der Waals surface area contributed by atoms with Crippen LogP contribution < -0.4 is 5.32 Å². The van der Waals surface area contributed by atoms with Gasteiger partial charge in [-0.05, 0) is 50.7 Å². The van der Waals surface area contributed by atoms with E-state index in [-0.39, 0.29) is 11.7 Å². The van der Waals surface area contributed by atoms with Crippen LogP contribution in [-0.4, -0.2) is 51.8 Å². The van der Waals surface area contributed by atoms with Gasteiger partial charge in [0.1, 0.15) is 5.82 Å². The lowest BCUT2D eigenvalue weighted by Crippen LogP contribution is -2.33. The molecule has 1 saturated heterocycles. The van der Waals surface area contributed by atoms with Gasteiger partial charge in [0.25, 0.3) is 5.91 Å². The Bertz CT molecular complexity index is 966. The molecule has 0 spiro atoms. The summed E-state index contributed by atoms with van der Waals surface area (Å²) < 4.78 is 14.8. The summed E-state index contributed by atoms with van der Waals surface area (Å²) in [4.78, 5) is 19.1. The molecule has 3 aromatic rings. The maximum absolute atomic E-state index is 13.2. The Kier molecular flexibility index (Phi) is 4.16. The second kappa shape index (κ2) is 6.49. The lowest BCUT2D eigenvalue weighted by molar-refractivity contribution is 0.0789. The molecule has 3 heterocycles. The van der Waals surface area contributed by atoms with Gasteiger partial charge >= 0.3 is 0 Å². The molecule has 6 nitrogen and oxygen atoms in total. The molecule has 134 valence electrons. The summed E-state index contributed by atoms with van der Waals surface area (Å²) in [5.74, 6) is -0.306. The van der Waals surface area contributed by atoms with Gasteiger partial charge < -0.3 is 10.2 Å². The number of halogens is 1. The molecule has 7 heteroatoms. The van der Waals surface area contributed by atoms with E-state index in [0.29, 0.717) is 23.8 Å². The molecule has 0 bridgehead atoms. The highest BCUT2D eigenvalue weighted by molar-refractivity contribution is 5.97. The first-order valence-corrected chi connectivity index (χ1v) is 8.64. The molecule has 1 atom stereocenters. The maximum atomic E-state index is 13.2. The Balaban J connectivity index is 1.69. The zero-order chi connectivity index (χ0) is 18.3. The highest BCUT2D eigenvalue weighted by atomic mass is 19.1. The SMILES string of the molecule is CNC1CCN(C(=O)c2cnc3c(c2)c(C)nn3-c2ccc(F)cc2)C1. The van der Waals surface area contributed by atoms with E-state index in [1.807, 2.05) is 24.9 Å². The summed E-state index contributed by atoms with van der Waals surface area (Å²) in [7, 11) is 1.92. The van der Waals surface area contributed by atoms with Gasteiger partial charge in [0.2, 0.25) is 0 Å². The number of aromatic nitrogens is 3. The molecule has 26 heavy (non-hydrogen) atoms. The third-order valence-electron chi connectivity index (χ3n) is 4.91. The molecule has 2 aromatic heterocycles. The number of carbonyl (C=O) groups excluding carboxylic acids is 1. The number of likely N-dealkylation sites (N-methyl/N-ethyl adjacent to an activating group) is 1. The fourth-order valence-corrected chi connectivity index (χ4v) is 3.39. The predicted molar refractivity (Wildman–Crippen MR) is 96.9 cm³/mol. The molecule has 1 amide bonds. The smallest absolute Gasteiger partial charge is 0.255 e. The molecule has 1 aliphatic heterocycles. The van der Waals surface area contributed by atoms with Crippen molar-refractivity contribution in [2.45, 2.75) is 19.4 Å². The van der Waals surface area contributed by atoms with Crippen molar-refractivity contribution in [3.05, 3.63) is 53.6 Å². The van der Waals surface area contributed by atoms with Gasteiger partial charge in [-0.3, -0.25) is 4.79 Å². The number of nitrogens with zero attached hydrogens (tertiary/aromatic N) is 4. The molecule has 0 radical (unpaired) electrons. The first-order chi connectivity index (χ1) is 12.6. The molecule has 1 N–H and O–H groups in total. The Labute approximate surface area is 150 Å². The van der Waals surface area contributed by atoms with Crippen LogP contribution in [-0.2, 0) is 0 Å². The average molecular weight is 353 g/mol. The molecule has 1 unspecified atom stereocenters. The predicted octanol–water partition coefficient (Wildman–Crippen LogP) is 2.30. The summed E-state index contributed by atoms with van der Waals surface area (Å²) in [6.45, 7) is 3.34. The van der Waals surface area contributed by atoms with Gasteiger partial charge in [-0.2, -0.15) is 5.10 Å². The van der Waals surface area contributed by atoms with Crippen molar-refractivity contribution >= 4 is 16.9 Å². The van der Waals surface area contributed by atoms with E-state index in [0.717, 1.165) is 29.7 Å². The van der Waals surface area contributed by atoms with E-state index < -0.39 is 0 Å². The van der Waals surface area contributed by atoms with Crippen LogP contribution in [0.15, 0.2) is 36.5 Å². The first kappa shape index (κ1) is 16.7. The van der Waals surface area contributed by atoms with Gasteiger partial charge in [0.15, 0.2) is 5.65 Å². The highest BCUT2D eigenvalue weighted by Gasteiger charge is 2.26. The van der Waals surface area contributed by atoms with E-state index in [2.05, 4.69) is 15.4 Å². The fraction of sp³-hybridized carbons (Fsp3) is 0.316. The van der Waals surface area contributed by atoms with E-state index in [4.69, 9.17) is 0 Å². The third-order valence-corrected chi connectivity index (χ3v) is 4.91. The molecule has 1 fully saturated rings. The molecular weight excluding hydrogens is 333 g/mol. The number of hydrogen-bond acceptors (Lipinski definition) is 4. The second-order valence-electron chi connectivity index (χ2n) is 6.59. The molecule has 1 aliphatic rings. The van der Waals surface area contributed by atoms with Crippen molar-refractivity contribution in [2.75, 3.05) is 20.1 Å². The second-order valence-corrected chi connectivity index (χ2v) is 6.59. The van der Waals surface area contributed by atoms with Crippen LogP contribution in [0.2, 0.25) is 0 Å². The van der Waals surface area contributed by atoms with E-state index in [1.165, 1.54) is 12.1 Å². The van der Waals surface area contributed by atoms with Crippen LogP contribution >= 0.6 is 0 Å². The minimum atomic E-state index is -0.298. The van der Waals surface area contributed by atoms with Crippen molar-refractivity contribution in [1.29, 1.82) is 0 Å². The van der Waals surface area contributed by atoms with E-state index in [9.17, 15) is 9.18 Å². The van der Waals surface area contributed by atoms with Crippen LogP contribution in [0.5, 0.6) is 0 Å². The summed E-state index contributed by atoms with van der Waals surface area (Å²) in [6.07, 6.45) is 2.55. The zero-order valence-corrected chi connectivity index (χ0v) is 14.7. The Morgan fingerprint density at radius 3 is 2.77 bits per heavy atom. The third kappa shape index (κ3) is 2.84. The van der Waals surface area contributed by atoms with Crippen molar-refractivity contribution in [1.82, 2.24) is 25.0 Å². The fourth-order valence-electron chi connectivity index (χ4n) is 3.39. The minimum Gasteiger partial charge on any atom is -0.337 e. The zero-order valence-electron chi connectivity index (χ0n) is 14.7. The van der Waals surface area contributed by atoms with Gasteiger partial charge in [-0.15, -0.1) is 0 Å². The summed E-state index contributed by atoms with van der Waals surface area (Å²) in [5.41, 5.74) is 2.73. The lowest BCUT2D eigenvalue weighted by atomic mass is 10.2. The Morgan fingerprint density at radius 1 is 1.31 bits per heavy atom. The average Bonchev–Trinajstić information content (AvgIpc) is 3.27.